The molecule has 0 saturated heterocycles. The first-order chi connectivity index (χ1) is 14.0. The minimum absolute atomic E-state index is 0.335. The van der Waals surface area contributed by atoms with Gasteiger partial charge in [-0.25, -0.2) is 13.2 Å². The molecule has 1 aliphatic carbocycles. The summed E-state index contributed by atoms with van der Waals surface area (Å²) in [6.07, 6.45) is 6.18. The number of hydrogen-bond donors (Lipinski definition) is 0. The number of halogens is 3. The van der Waals surface area contributed by atoms with Crippen LogP contribution in [0.3, 0.4) is 0 Å². The lowest BCUT2D eigenvalue weighted by Crippen LogP contribution is -2.13. The zero-order valence-corrected chi connectivity index (χ0v) is 16.7. The summed E-state index contributed by atoms with van der Waals surface area (Å²) in [5.41, 5.74) is 5.49. The molecule has 1 aliphatic rings. The van der Waals surface area contributed by atoms with Crippen molar-refractivity contribution in [1.82, 2.24) is 0 Å². The molecule has 0 bridgehead atoms. The van der Waals surface area contributed by atoms with Gasteiger partial charge in [0.05, 0.1) is 0 Å². The highest BCUT2D eigenvalue weighted by molar-refractivity contribution is 5.66. The Morgan fingerprint density at radius 1 is 0.828 bits per heavy atom. The van der Waals surface area contributed by atoms with Crippen LogP contribution in [0.2, 0.25) is 0 Å². The summed E-state index contributed by atoms with van der Waals surface area (Å²) in [6, 6.07) is 15.8. The van der Waals surface area contributed by atoms with Crippen molar-refractivity contribution >= 4 is 0 Å². The summed E-state index contributed by atoms with van der Waals surface area (Å²) in [7, 11) is 0. The van der Waals surface area contributed by atoms with Gasteiger partial charge in [-0.1, -0.05) is 43.7 Å². The maximum Gasteiger partial charge on any atom is 0.159 e. The van der Waals surface area contributed by atoms with E-state index in [-0.39, 0.29) is 5.82 Å². The van der Waals surface area contributed by atoms with Crippen molar-refractivity contribution in [2.45, 2.75) is 51.4 Å². The lowest BCUT2D eigenvalue weighted by molar-refractivity contribution is 0.509. The second-order valence-electron chi connectivity index (χ2n) is 8.01. The third-order valence-electron chi connectivity index (χ3n) is 6.02. The van der Waals surface area contributed by atoms with E-state index in [1.54, 1.807) is 12.1 Å². The second-order valence-corrected chi connectivity index (χ2v) is 8.01. The minimum Gasteiger partial charge on any atom is -0.206 e. The van der Waals surface area contributed by atoms with Gasteiger partial charge in [-0.3, -0.25) is 0 Å². The van der Waals surface area contributed by atoms with E-state index in [4.69, 9.17) is 0 Å². The molecule has 0 aliphatic heterocycles. The molecule has 0 N–H and O–H groups in total. The molecule has 0 saturated carbocycles. The van der Waals surface area contributed by atoms with Crippen LogP contribution in [0.1, 0.15) is 54.4 Å². The Bertz CT molecular complexity index is 1010. The van der Waals surface area contributed by atoms with Crippen molar-refractivity contribution in [1.29, 1.82) is 0 Å². The van der Waals surface area contributed by atoms with Crippen molar-refractivity contribution < 1.29 is 13.2 Å². The summed E-state index contributed by atoms with van der Waals surface area (Å²) in [6.45, 7) is 2.20. The quantitative estimate of drug-likeness (QED) is 0.423. The van der Waals surface area contributed by atoms with E-state index >= 15 is 0 Å². The van der Waals surface area contributed by atoms with E-state index in [0.717, 1.165) is 48.9 Å². The molecule has 3 aromatic carbocycles. The average Bonchev–Trinajstić information content (AvgIpc) is 2.74. The fourth-order valence-electron chi connectivity index (χ4n) is 4.29. The average molecular weight is 394 g/mol. The summed E-state index contributed by atoms with van der Waals surface area (Å²) in [4.78, 5) is 0. The topological polar surface area (TPSA) is 0 Å². The molecule has 1 unspecified atom stereocenters. The SMILES string of the molecule is CCCCc1ccc(C2CCc3cc(-c4ccc(F)c(F)c4)c(F)cc3C2)cc1. The third kappa shape index (κ3) is 4.24. The second kappa shape index (κ2) is 8.44. The smallest absolute Gasteiger partial charge is 0.159 e. The van der Waals surface area contributed by atoms with Gasteiger partial charge in [0.1, 0.15) is 5.82 Å². The van der Waals surface area contributed by atoms with Gasteiger partial charge in [0.2, 0.25) is 0 Å². The van der Waals surface area contributed by atoms with Crippen molar-refractivity contribution in [3.8, 4) is 11.1 Å². The molecule has 0 amide bonds. The Hall–Kier alpha value is -2.55. The van der Waals surface area contributed by atoms with Crippen LogP contribution in [-0.4, -0.2) is 0 Å². The van der Waals surface area contributed by atoms with E-state index in [2.05, 4.69) is 31.2 Å². The fourth-order valence-corrected chi connectivity index (χ4v) is 4.29. The first-order valence-corrected chi connectivity index (χ1v) is 10.4. The van der Waals surface area contributed by atoms with Gasteiger partial charge >= 0.3 is 0 Å². The van der Waals surface area contributed by atoms with Crippen LogP contribution in [0.5, 0.6) is 0 Å². The Balaban J connectivity index is 1.56. The Morgan fingerprint density at radius 2 is 1.62 bits per heavy atom. The molecule has 0 heterocycles. The van der Waals surface area contributed by atoms with Crippen LogP contribution < -0.4 is 0 Å². The normalized spacial score (nSPS) is 15.9. The van der Waals surface area contributed by atoms with Crippen LogP contribution in [0, 0.1) is 17.5 Å². The van der Waals surface area contributed by atoms with Gasteiger partial charge < -0.3 is 0 Å². The van der Waals surface area contributed by atoms with E-state index in [1.807, 2.05) is 0 Å². The molecule has 0 spiro atoms. The maximum absolute atomic E-state index is 14.8. The van der Waals surface area contributed by atoms with Crippen molar-refractivity contribution in [3.63, 3.8) is 0 Å². The first kappa shape index (κ1) is 19.8. The Labute approximate surface area is 170 Å². The van der Waals surface area contributed by atoms with Gasteiger partial charge in [0, 0.05) is 5.56 Å². The van der Waals surface area contributed by atoms with Gasteiger partial charge in [-0.05, 0) is 90.1 Å². The predicted molar refractivity (Wildman–Crippen MR) is 112 cm³/mol. The third-order valence-corrected chi connectivity index (χ3v) is 6.02. The molecule has 0 aromatic heterocycles. The van der Waals surface area contributed by atoms with Crippen LogP contribution in [0.25, 0.3) is 11.1 Å². The molecule has 29 heavy (non-hydrogen) atoms. The lowest BCUT2D eigenvalue weighted by Gasteiger charge is -2.26. The van der Waals surface area contributed by atoms with Crippen molar-refractivity contribution in [2.24, 2.45) is 0 Å². The molecule has 4 rings (SSSR count). The monoisotopic (exact) mass is 394 g/mol. The molecule has 3 heteroatoms. The number of hydrogen-bond acceptors (Lipinski definition) is 0. The van der Waals surface area contributed by atoms with Crippen LogP contribution in [0.15, 0.2) is 54.6 Å². The highest BCUT2D eigenvalue weighted by Gasteiger charge is 2.22. The summed E-state index contributed by atoms with van der Waals surface area (Å²) in [5.74, 6) is -1.88. The summed E-state index contributed by atoms with van der Waals surface area (Å²) >= 11 is 0. The predicted octanol–water partition coefficient (Wildman–Crippen LogP) is 7.39. The molecular weight excluding hydrogens is 369 g/mol. The number of benzene rings is 3. The molecule has 3 aromatic rings. The van der Waals surface area contributed by atoms with Crippen molar-refractivity contribution in [2.75, 3.05) is 0 Å². The molecular formula is C26H25F3. The first-order valence-electron chi connectivity index (χ1n) is 10.4. The molecule has 1 atom stereocenters. The van der Waals surface area contributed by atoms with Crippen LogP contribution in [-0.2, 0) is 19.3 Å². The minimum atomic E-state index is -0.956. The maximum atomic E-state index is 14.8. The van der Waals surface area contributed by atoms with Gasteiger partial charge in [0.25, 0.3) is 0 Å². The van der Waals surface area contributed by atoms with Crippen molar-refractivity contribution in [3.05, 3.63) is 94.3 Å². The molecule has 0 nitrogen and oxygen atoms in total. The molecule has 0 radical (unpaired) electrons. The van der Waals surface area contributed by atoms with E-state index in [9.17, 15) is 13.2 Å². The van der Waals surface area contributed by atoms with E-state index in [1.165, 1.54) is 30.0 Å². The highest BCUT2D eigenvalue weighted by Crippen LogP contribution is 2.36. The number of unbranched alkanes of at least 4 members (excludes halogenated alkanes) is 1. The molecule has 150 valence electrons. The zero-order valence-electron chi connectivity index (χ0n) is 16.7. The standard InChI is InChI=1S/C26H25F3/c1-2-3-4-17-5-7-18(8-6-17)19-9-10-20-14-23(25(28)16-22(20)13-19)21-11-12-24(27)26(29)15-21/h5-8,11-12,14-16,19H,2-4,9-10,13H2,1H3. The zero-order chi connectivity index (χ0) is 20.4. The van der Waals surface area contributed by atoms with Crippen LogP contribution in [0.4, 0.5) is 13.2 Å². The number of aryl methyl sites for hydroxylation is 2. The van der Waals surface area contributed by atoms with Gasteiger partial charge in [-0.2, -0.15) is 0 Å². The van der Waals surface area contributed by atoms with Gasteiger partial charge in [-0.15, -0.1) is 0 Å². The lowest BCUT2D eigenvalue weighted by atomic mass is 9.79. The Morgan fingerprint density at radius 3 is 2.34 bits per heavy atom. The Kier molecular flexibility index (Phi) is 5.75. The fraction of sp³-hybridized carbons (Fsp3) is 0.308. The van der Waals surface area contributed by atoms with E-state index in [0.29, 0.717) is 17.0 Å². The van der Waals surface area contributed by atoms with Crippen LogP contribution >= 0.6 is 0 Å². The number of fused-ring (bicyclic) bond motifs is 1. The number of rotatable bonds is 5. The molecule has 0 fully saturated rings. The summed E-state index contributed by atoms with van der Waals surface area (Å²) in [5, 5.41) is 0. The van der Waals surface area contributed by atoms with Gasteiger partial charge in [0.15, 0.2) is 11.6 Å². The highest BCUT2D eigenvalue weighted by atomic mass is 19.2. The summed E-state index contributed by atoms with van der Waals surface area (Å²) < 4.78 is 41.6. The van der Waals surface area contributed by atoms with E-state index < -0.39 is 11.6 Å². The largest absolute Gasteiger partial charge is 0.206 e.